The maximum atomic E-state index is 12.0. The van der Waals surface area contributed by atoms with Crippen LogP contribution in [0.2, 0.25) is 0 Å². The molecule has 0 atom stereocenters. The lowest BCUT2D eigenvalue weighted by Crippen LogP contribution is -2.21. The number of ether oxygens (including phenoxy) is 2. The molecule has 0 spiro atoms. The molecule has 2 aromatic rings. The van der Waals surface area contributed by atoms with Crippen molar-refractivity contribution < 1.29 is 14.3 Å². The summed E-state index contributed by atoms with van der Waals surface area (Å²) in [5, 5.41) is 9.18. The van der Waals surface area contributed by atoms with E-state index in [1.165, 1.54) is 39.2 Å². The second-order valence-electron chi connectivity index (χ2n) is 6.52. The molecule has 1 saturated heterocycles. The fraction of sp³-hybridized carbons (Fsp3) is 0.400. The van der Waals surface area contributed by atoms with Crippen LogP contribution >= 0.6 is 0 Å². The van der Waals surface area contributed by atoms with E-state index in [4.69, 9.17) is 15.2 Å². The minimum absolute atomic E-state index is 0.117. The summed E-state index contributed by atoms with van der Waals surface area (Å²) in [6.45, 7) is 4.13. The quantitative estimate of drug-likeness (QED) is 0.596. The van der Waals surface area contributed by atoms with Gasteiger partial charge < -0.3 is 24.7 Å². The Bertz CT molecular complexity index is 830. The van der Waals surface area contributed by atoms with Crippen LogP contribution in [0.3, 0.4) is 0 Å². The highest BCUT2D eigenvalue weighted by Crippen LogP contribution is 2.25. The maximum absolute atomic E-state index is 12.0. The van der Waals surface area contributed by atoms with Crippen molar-refractivity contribution in [2.45, 2.75) is 19.3 Å². The van der Waals surface area contributed by atoms with Crippen LogP contribution in [0.1, 0.15) is 35.3 Å². The number of nitrogen functional groups attached to an aromatic ring is 1. The zero-order valence-corrected chi connectivity index (χ0v) is 15.5. The van der Waals surface area contributed by atoms with Gasteiger partial charge in [-0.15, -0.1) is 0 Å². The van der Waals surface area contributed by atoms with E-state index in [1.54, 1.807) is 4.57 Å². The van der Waals surface area contributed by atoms with Crippen LogP contribution in [0.4, 0.5) is 5.69 Å². The third kappa shape index (κ3) is 4.23. The molecule has 0 amide bonds. The Balaban J connectivity index is 1.66. The van der Waals surface area contributed by atoms with Gasteiger partial charge in [0, 0.05) is 18.4 Å². The van der Waals surface area contributed by atoms with Gasteiger partial charge in [-0.2, -0.15) is 5.26 Å². The van der Waals surface area contributed by atoms with Gasteiger partial charge in [0.15, 0.2) is 5.69 Å². The molecule has 27 heavy (non-hydrogen) atoms. The summed E-state index contributed by atoms with van der Waals surface area (Å²) in [5.74, 6) is 0.177. The van der Waals surface area contributed by atoms with Crippen LogP contribution < -0.4 is 10.5 Å². The van der Waals surface area contributed by atoms with E-state index in [0.717, 1.165) is 18.7 Å². The van der Waals surface area contributed by atoms with Crippen molar-refractivity contribution in [3.8, 4) is 17.5 Å². The van der Waals surface area contributed by atoms with Crippen molar-refractivity contribution in [2.75, 3.05) is 39.1 Å². The Morgan fingerprint density at radius 1 is 1.26 bits per heavy atom. The lowest BCUT2D eigenvalue weighted by molar-refractivity contribution is 0.0593. The van der Waals surface area contributed by atoms with Gasteiger partial charge in [0.25, 0.3) is 0 Å². The molecule has 3 rings (SSSR count). The number of carbonyl (C=O) groups excluding carboxylic acids is 1. The first kappa shape index (κ1) is 18.8. The fourth-order valence-electron chi connectivity index (χ4n) is 3.31. The number of rotatable bonds is 7. The number of likely N-dealkylation sites (tertiary alicyclic amines) is 1. The molecule has 1 aliphatic rings. The molecule has 0 saturated carbocycles. The molecule has 1 aromatic carbocycles. The number of hydrogen-bond donors (Lipinski definition) is 1. The zero-order chi connectivity index (χ0) is 19.2. The highest BCUT2D eigenvalue weighted by Gasteiger charge is 2.21. The predicted molar refractivity (Wildman–Crippen MR) is 102 cm³/mol. The monoisotopic (exact) mass is 368 g/mol. The van der Waals surface area contributed by atoms with Crippen LogP contribution in [0, 0.1) is 11.3 Å². The summed E-state index contributed by atoms with van der Waals surface area (Å²) in [6.07, 6.45) is 5.13. The van der Waals surface area contributed by atoms with E-state index in [1.807, 2.05) is 30.3 Å². The number of anilines is 1. The largest absolute Gasteiger partial charge is 0.494 e. The molecule has 2 N–H and O–H groups in total. The van der Waals surface area contributed by atoms with Gasteiger partial charge in [0.05, 0.1) is 25.0 Å². The molecule has 1 aliphatic heterocycles. The highest BCUT2D eigenvalue weighted by molar-refractivity contribution is 5.95. The van der Waals surface area contributed by atoms with Gasteiger partial charge in [0.2, 0.25) is 0 Å². The van der Waals surface area contributed by atoms with Crippen molar-refractivity contribution in [3.63, 3.8) is 0 Å². The zero-order valence-electron chi connectivity index (χ0n) is 15.5. The second-order valence-corrected chi connectivity index (χ2v) is 6.52. The number of aromatic nitrogens is 1. The SMILES string of the molecule is COC(=O)c1c(N)c(C#N)cn1-c1ccc(OCCCN2CCCC2)cc1. The van der Waals surface area contributed by atoms with E-state index in [9.17, 15) is 10.1 Å². The first-order valence-corrected chi connectivity index (χ1v) is 9.09. The number of nitriles is 1. The average molecular weight is 368 g/mol. The summed E-state index contributed by atoms with van der Waals surface area (Å²) in [7, 11) is 1.28. The second kappa shape index (κ2) is 8.60. The molecular formula is C20H24N4O3. The van der Waals surface area contributed by atoms with Gasteiger partial charge in [0.1, 0.15) is 11.8 Å². The number of benzene rings is 1. The van der Waals surface area contributed by atoms with E-state index in [0.29, 0.717) is 12.3 Å². The number of nitrogens with zero attached hydrogens (tertiary/aromatic N) is 3. The van der Waals surface area contributed by atoms with Crippen LogP contribution in [-0.2, 0) is 4.74 Å². The molecular weight excluding hydrogens is 344 g/mol. The molecule has 0 unspecified atom stereocenters. The Morgan fingerprint density at radius 2 is 1.96 bits per heavy atom. The summed E-state index contributed by atoms with van der Waals surface area (Å²) >= 11 is 0. The standard InChI is InChI=1S/C20H24N4O3/c1-26-20(25)19-18(22)15(13-21)14-24(19)16-5-7-17(8-6-16)27-12-4-11-23-9-2-3-10-23/h5-8,14H,2-4,9-12,22H2,1H3. The van der Waals surface area contributed by atoms with Gasteiger partial charge in [-0.3, -0.25) is 0 Å². The first-order valence-electron chi connectivity index (χ1n) is 9.09. The van der Waals surface area contributed by atoms with Crippen molar-refractivity contribution in [3.05, 3.63) is 41.7 Å². The Hall–Kier alpha value is -2.98. The van der Waals surface area contributed by atoms with E-state index in [-0.39, 0.29) is 16.9 Å². The van der Waals surface area contributed by atoms with Crippen molar-refractivity contribution in [2.24, 2.45) is 0 Å². The minimum atomic E-state index is -0.587. The van der Waals surface area contributed by atoms with E-state index in [2.05, 4.69) is 4.90 Å². The summed E-state index contributed by atoms with van der Waals surface area (Å²) in [6, 6.07) is 9.32. The molecule has 142 valence electrons. The molecule has 0 radical (unpaired) electrons. The topological polar surface area (TPSA) is 93.5 Å². The number of esters is 1. The lowest BCUT2D eigenvalue weighted by Gasteiger charge is -2.14. The smallest absolute Gasteiger partial charge is 0.357 e. The molecule has 0 bridgehead atoms. The predicted octanol–water partition coefficient (Wildman–Crippen LogP) is 2.58. The minimum Gasteiger partial charge on any atom is -0.494 e. The fourth-order valence-corrected chi connectivity index (χ4v) is 3.31. The molecule has 1 fully saturated rings. The molecule has 7 nitrogen and oxygen atoms in total. The Morgan fingerprint density at radius 3 is 2.59 bits per heavy atom. The Kier molecular flexibility index (Phi) is 5.99. The summed E-state index contributed by atoms with van der Waals surface area (Å²) in [5.41, 5.74) is 7.12. The summed E-state index contributed by atoms with van der Waals surface area (Å²) in [4.78, 5) is 14.5. The van der Waals surface area contributed by atoms with Crippen molar-refractivity contribution >= 4 is 11.7 Å². The third-order valence-corrected chi connectivity index (χ3v) is 4.74. The number of hydrogen-bond acceptors (Lipinski definition) is 6. The molecule has 2 heterocycles. The van der Waals surface area contributed by atoms with Gasteiger partial charge in [-0.25, -0.2) is 4.79 Å². The van der Waals surface area contributed by atoms with E-state index < -0.39 is 5.97 Å². The van der Waals surface area contributed by atoms with Gasteiger partial charge >= 0.3 is 5.97 Å². The first-order chi connectivity index (χ1) is 13.1. The maximum Gasteiger partial charge on any atom is 0.357 e. The molecule has 7 heteroatoms. The van der Waals surface area contributed by atoms with Gasteiger partial charge in [-0.1, -0.05) is 0 Å². The number of methoxy groups -OCH3 is 1. The number of nitrogens with two attached hydrogens (primary N) is 1. The highest BCUT2D eigenvalue weighted by atomic mass is 16.5. The van der Waals surface area contributed by atoms with Crippen LogP contribution in [0.15, 0.2) is 30.5 Å². The van der Waals surface area contributed by atoms with Crippen molar-refractivity contribution in [1.82, 2.24) is 9.47 Å². The van der Waals surface area contributed by atoms with Crippen molar-refractivity contribution in [1.29, 1.82) is 5.26 Å². The molecule has 0 aliphatic carbocycles. The molecule has 1 aromatic heterocycles. The normalized spacial score (nSPS) is 14.1. The van der Waals surface area contributed by atoms with Gasteiger partial charge in [-0.05, 0) is 56.6 Å². The Labute approximate surface area is 158 Å². The number of carbonyl (C=O) groups is 1. The average Bonchev–Trinajstić information content (AvgIpc) is 3.32. The van der Waals surface area contributed by atoms with Crippen LogP contribution in [0.5, 0.6) is 5.75 Å². The third-order valence-electron chi connectivity index (χ3n) is 4.74. The van der Waals surface area contributed by atoms with Crippen LogP contribution in [0.25, 0.3) is 5.69 Å². The lowest BCUT2D eigenvalue weighted by atomic mass is 10.2. The van der Waals surface area contributed by atoms with E-state index >= 15 is 0 Å². The summed E-state index contributed by atoms with van der Waals surface area (Å²) < 4.78 is 12.2. The van der Waals surface area contributed by atoms with Crippen LogP contribution in [-0.4, -0.2) is 48.8 Å².